The van der Waals surface area contributed by atoms with E-state index >= 15 is 0 Å². The number of nitrogens with zero attached hydrogens (tertiary/aromatic N) is 4. The van der Waals surface area contributed by atoms with Gasteiger partial charge in [-0.25, -0.2) is 9.37 Å². The highest BCUT2D eigenvalue weighted by Gasteiger charge is 2.26. The van der Waals surface area contributed by atoms with Crippen LogP contribution in [-0.2, 0) is 6.54 Å². The van der Waals surface area contributed by atoms with Gasteiger partial charge in [0.2, 0.25) is 0 Å². The van der Waals surface area contributed by atoms with Crippen LogP contribution in [0.5, 0.6) is 0 Å². The van der Waals surface area contributed by atoms with Crippen molar-refractivity contribution in [3.8, 4) is 0 Å². The molecule has 0 aliphatic carbocycles. The summed E-state index contributed by atoms with van der Waals surface area (Å²) < 4.78 is 13.1. The molecular formula is C20H25FN4OS. The summed E-state index contributed by atoms with van der Waals surface area (Å²) in [5, 5.41) is 1.04. The fourth-order valence-corrected chi connectivity index (χ4v) is 4.89. The fraction of sp³-hybridized carbons (Fsp3) is 0.500. The molecule has 2 aliphatic heterocycles. The van der Waals surface area contributed by atoms with E-state index in [0.29, 0.717) is 13.1 Å². The number of amides is 1. The van der Waals surface area contributed by atoms with Crippen molar-refractivity contribution >= 4 is 22.9 Å². The van der Waals surface area contributed by atoms with Gasteiger partial charge in [0.05, 0.1) is 12.2 Å². The molecule has 0 bridgehead atoms. The van der Waals surface area contributed by atoms with Crippen LogP contribution in [0, 0.1) is 12.7 Å². The standard InChI is InChI=1S/C20H25FN4OS/c1-15-19(27-18(22-15)14-23-8-2-3-9-23)20(26)25-12-10-24(11-13-25)17-6-4-16(21)5-7-17/h4-7H,2-3,8-14H2,1H3. The number of thiazole rings is 1. The predicted molar refractivity (Wildman–Crippen MR) is 106 cm³/mol. The maximum atomic E-state index is 13.1. The molecule has 1 aromatic carbocycles. The van der Waals surface area contributed by atoms with Gasteiger partial charge < -0.3 is 9.80 Å². The van der Waals surface area contributed by atoms with E-state index in [-0.39, 0.29) is 11.7 Å². The number of halogens is 1. The van der Waals surface area contributed by atoms with Gasteiger partial charge in [-0.1, -0.05) is 0 Å². The molecule has 1 aromatic heterocycles. The van der Waals surface area contributed by atoms with Crippen molar-refractivity contribution in [1.82, 2.24) is 14.8 Å². The van der Waals surface area contributed by atoms with Crippen molar-refractivity contribution < 1.29 is 9.18 Å². The molecule has 0 saturated carbocycles. The van der Waals surface area contributed by atoms with Gasteiger partial charge in [0.25, 0.3) is 5.91 Å². The Hall–Kier alpha value is -1.99. The Morgan fingerprint density at radius 3 is 2.41 bits per heavy atom. The average Bonchev–Trinajstić information content (AvgIpc) is 3.32. The normalized spacial score (nSPS) is 18.3. The van der Waals surface area contributed by atoms with Gasteiger partial charge in [0.1, 0.15) is 15.7 Å². The lowest BCUT2D eigenvalue weighted by atomic mass is 10.2. The summed E-state index contributed by atoms with van der Waals surface area (Å²) in [5.41, 5.74) is 1.85. The summed E-state index contributed by atoms with van der Waals surface area (Å²) >= 11 is 1.55. The lowest BCUT2D eigenvalue weighted by Gasteiger charge is -2.36. The number of rotatable bonds is 4. The Kier molecular flexibility index (Phi) is 5.41. The minimum absolute atomic E-state index is 0.0939. The molecule has 0 unspecified atom stereocenters. The number of anilines is 1. The number of carbonyl (C=O) groups is 1. The molecule has 0 radical (unpaired) electrons. The van der Waals surface area contributed by atoms with Crippen LogP contribution < -0.4 is 4.90 Å². The molecule has 0 spiro atoms. The second-order valence-corrected chi connectivity index (χ2v) is 8.34. The molecule has 0 N–H and O–H groups in total. The highest BCUT2D eigenvalue weighted by atomic mass is 32.1. The maximum Gasteiger partial charge on any atom is 0.265 e. The third kappa shape index (κ3) is 4.14. The Labute approximate surface area is 163 Å². The highest BCUT2D eigenvalue weighted by molar-refractivity contribution is 7.13. The lowest BCUT2D eigenvalue weighted by Crippen LogP contribution is -2.48. The first-order chi connectivity index (χ1) is 13.1. The quantitative estimate of drug-likeness (QED) is 0.807. The van der Waals surface area contributed by atoms with Gasteiger partial charge in [0.15, 0.2) is 0 Å². The highest BCUT2D eigenvalue weighted by Crippen LogP contribution is 2.24. The van der Waals surface area contributed by atoms with E-state index in [1.807, 2.05) is 11.8 Å². The zero-order chi connectivity index (χ0) is 18.8. The van der Waals surface area contributed by atoms with Crippen molar-refractivity contribution in [2.45, 2.75) is 26.3 Å². The monoisotopic (exact) mass is 388 g/mol. The maximum absolute atomic E-state index is 13.1. The minimum atomic E-state index is -0.224. The zero-order valence-corrected chi connectivity index (χ0v) is 16.5. The molecule has 2 aromatic rings. The van der Waals surface area contributed by atoms with E-state index < -0.39 is 0 Å². The van der Waals surface area contributed by atoms with Gasteiger partial charge in [-0.3, -0.25) is 9.69 Å². The minimum Gasteiger partial charge on any atom is -0.368 e. The van der Waals surface area contributed by atoms with Crippen LogP contribution in [0.25, 0.3) is 0 Å². The van der Waals surface area contributed by atoms with E-state index in [1.54, 1.807) is 23.5 Å². The lowest BCUT2D eigenvalue weighted by molar-refractivity contribution is 0.0750. The molecule has 7 heteroatoms. The third-order valence-corrected chi connectivity index (χ3v) is 6.48. The smallest absolute Gasteiger partial charge is 0.265 e. The molecule has 3 heterocycles. The first kappa shape index (κ1) is 18.4. The van der Waals surface area contributed by atoms with Gasteiger partial charge >= 0.3 is 0 Å². The van der Waals surface area contributed by atoms with E-state index in [0.717, 1.165) is 54.0 Å². The molecule has 1 amide bonds. The van der Waals surface area contributed by atoms with Crippen molar-refractivity contribution in [3.05, 3.63) is 45.7 Å². The van der Waals surface area contributed by atoms with Crippen molar-refractivity contribution in [1.29, 1.82) is 0 Å². The van der Waals surface area contributed by atoms with Crippen LogP contribution in [0.15, 0.2) is 24.3 Å². The van der Waals surface area contributed by atoms with Gasteiger partial charge in [-0.15, -0.1) is 11.3 Å². The first-order valence-corrected chi connectivity index (χ1v) is 10.4. The third-order valence-electron chi connectivity index (χ3n) is 5.35. The molecule has 144 valence electrons. The first-order valence-electron chi connectivity index (χ1n) is 9.58. The summed E-state index contributed by atoms with van der Waals surface area (Å²) in [6.45, 7) is 7.93. The van der Waals surface area contributed by atoms with Crippen LogP contribution in [0.2, 0.25) is 0 Å². The average molecular weight is 389 g/mol. The van der Waals surface area contributed by atoms with Crippen LogP contribution in [-0.4, -0.2) is 60.0 Å². The summed E-state index contributed by atoms with van der Waals surface area (Å²) in [4.78, 5) is 24.9. The summed E-state index contributed by atoms with van der Waals surface area (Å²) in [6.07, 6.45) is 2.52. The van der Waals surface area contributed by atoms with Crippen molar-refractivity contribution in [2.24, 2.45) is 0 Å². The Morgan fingerprint density at radius 1 is 1.07 bits per heavy atom. The number of hydrogen-bond donors (Lipinski definition) is 0. The van der Waals surface area contributed by atoms with Gasteiger partial charge in [-0.2, -0.15) is 0 Å². The number of aromatic nitrogens is 1. The zero-order valence-electron chi connectivity index (χ0n) is 15.7. The Bertz CT molecular complexity index is 793. The number of carbonyl (C=O) groups excluding carboxylic acids is 1. The summed E-state index contributed by atoms with van der Waals surface area (Å²) in [5.74, 6) is -0.130. The van der Waals surface area contributed by atoms with Crippen LogP contribution in [0.1, 0.15) is 33.2 Å². The van der Waals surface area contributed by atoms with Crippen molar-refractivity contribution in [3.63, 3.8) is 0 Å². The van der Waals surface area contributed by atoms with Gasteiger partial charge in [0, 0.05) is 31.9 Å². The number of hydrogen-bond acceptors (Lipinski definition) is 5. The van der Waals surface area contributed by atoms with Crippen LogP contribution in [0.3, 0.4) is 0 Å². The summed E-state index contributed by atoms with van der Waals surface area (Å²) in [6, 6.07) is 6.56. The molecule has 27 heavy (non-hydrogen) atoms. The number of likely N-dealkylation sites (tertiary alicyclic amines) is 1. The molecular weight excluding hydrogens is 363 g/mol. The molecule has 2 saturated heterocycles. The SMILES string of the molecule is Cc1nc(CN2CCCC2)sc1C(=O)N1CCN(c2ccc(F)cc2)CC1. The molecule has 2 aliphatic rings. The van der Waals surface area contributed by atoms with Crippen LogP contribution >= 0.6 is 11.3 Å². The predicted octanol–water partition coefficient (Wildman–Crippen LogP) is 3.15. The van der Waals surface area contributed by atoms with Crippen molar-refractivity contribution in [2.75, 3.05) is 44.2 Å². The molecule has 5 nitrogen and oxygen atoms in total. The van der Waals surface area contributed by atoms with Gasteiger partial charge in [-0.05, 0) is 57.1 Å². The Balaban J connectivity index is 1.37. The molecule has 2 fully saturated rings. The van der Waals surface area contributed by atoms with E-state index in [1.165, 1.54) is 25.0 Å². The molecule has 4 rings (SSSR count). The Morgan fingerprint density at radius 2 is 1.74 bits per heavy atom. The summed E-state index contributed by atoms with van der Waals surface area (Å²) in [7, 11) is 0. The van der Waals surface area contributed by atoms with E-state index in [9.17, 15) is 9.18 Å². The molecule has 0 atom stereocenters. The van der Waals surface area contributed by atoms with Crippen LogP contribution in [0.4, 0.5) is 10.1 Å². The largest absolute Gasteiger partial charge is 0.368 e. The number of piperazine rings is 1. The van der Waals surface area contributed by atoms with E-state index in [4.69, 9.17) is 0 Å². The second-order valence-electron chi connectivity index (χ2n) is 7.26. The number of aryl methyl sites for hydroxylation is 1. The number of benzene rings is 1. The fourth-order valence-electron chi connectivity index (χ4n) is 3.81. The van der Waals surface area contributed by atoms with E-state index in [2.05, 4.69) is 14.8 Å². The second kappa shape index (κ2) is 7.94. The topological polar surface area (TPSA) is 39.7 Å².